The van der Waals surface area contributed by atoms with Crippen LogP contribution in [0.3, 0.4) is 0 Å². The summed E-state index contributed by atoms with van der Waals surface area (Å²) in [6.07, 6.45) is 0.972. The maximum Gasteiger partial charge on any atom is 0.304 e. The summed E-state index contributed by atoms with van der Waals surface area (Å²) in [5, 5.41) is 8.77. The Morgan fingerprint density at radius 3 is 2.53 bits per heavy atom. The minimum absolute atomic E-state index is 0.137. The molecule has 5 heteroatoms. The van der Waals surface area contributed by atoms with Gasteiger partial charge in [-0.25, -0.2) is 4.39 Å². The van der Waals surface area contributed by atoms with Crippen LogP contribution < -0.4 is 4.74 Å². The van der Waals surface area contributed by atoms with E-state index in [2.05, 4.69) is 4.74 Å². The average Bonchev–Trinajstić information content (AvgIpc) is 3.01. The lowest BCUT2D eigenvalue weighted by Crippen LogP contribution is -2.15. The first-order valence-electron chi connectivity index (χ1n) is 5.24. The lowest BCUT2D eigenvalue weighted by atomic mass is 9.91. The van der Waals surface area contributed by atoms with Crippen LogP contribution in [0.15, 0.2) is 12.1 Å². The number of carboxylic acids is 1. The third-order valence-electron chi connectivity index (χ3n) is 3.18. The van der Waals surface area contributed by atoms with Crippen molar-refractivity contribution in [2.45, 2.75) is 24.7 Å². The predicted molar refractivity (Wildman–Crippen MR) is 56.1 cm³/mol. The van der Waals surface area contributed by atoms with Gasteiger partial charge in [-0.05, 0) is 24.5 Å². The van der Waals surface area contributed by atoms with Crippen molar-refractivity contribution in [2.24, 2.45) is 0 Å². The molecule has 0 saturated heterocycles. The Labute approximate surface area is 97.0 Å². The van der Waals surface area contributed by atoms with E-state index in [4.69, 9.17) is 5.11 Å². The molecule has 1 aromatic carbocycles. The van der Waals surface area contributed by atoms with E-state index < -0.39 is 23.0 Å². The van der Waals surface area contributed by atoms with E-state index in [1.165, 1.54) is 19.2 Å². The van der Waals surface area contributed by atoms with Gasteiger partial charge in [-0.15, -0.1) is 0 Å². The molecule has 0 heterocycles. The Hall–Kier alpha value is -1.65. The van der Waals surface area contributed by atoms with Crippen LogP contribution in [0.5, 0.6) is 5.75 Å². The van der Waals surface area contributed by atoms with Gasteiger partial charge >= 0.3 is 5.97 Å². The number of carbonyl (C=O) groups is 1. The Bertz CT molecular complexity index is 467. The highest BCUT2D eigenvalue weighted by atomic mass is 19.2. The maximum atomic E-state index is 13.8. The second-order valence-corrected chi connectivity index (χ2v) is 4.29. The van der Waals surface area contributed by atoms with Gasteiger partial charge < -0.3 is 9.84 Å². The standard InChI is InChI=1S/C12H12F2O3/c1-17-8-3-2-7(10(13)11(8)14)12(4-5-12)6-9(15)16/h2-3H,4-6H2,1H3,(H,15,16). The molecule has 1 aromatic rings. The molecule has 0 unspecified atom stereocenters. The Morgan fingerprint density at radius 2 is 2.06 bits per heavy atom. The molecule has 3 nitrogen and oxygen atoms in total. The number of methoxy groups -OCH3 is 1. The van der Waals surface area contributed by atoms with Crippen LogP contribution in [-0.4, -0.2) is 18.2 Å². The summed E-state index contributed by atoms with van der Waals surface area (Å²) in [6.45, 7) is 0. The number of rotatable bonds is 4. The molecule has 0 radical (unpaired) electrons. The molecule has 92 valence electrons. The zero-order valence-electron chi connectivity index (χ0n) is 9.30. The predicted octanol–water partition coefficient (Wildman–Crippen LogP) is 2.48. The van der Waals surface area contributed by atoms with Gasteiger partial charge in [0.25, 0.3) is 0 Å². The van der Waals surface area contributed by atoms with Crippen LogP contribution in [-0.2, 0) is 10.2 Å². The van der Waals surface area contributed by atoms with Crippen LogP contribution in [0, 0.1) is 11.6 Å². The molecule has 1 saturated carbocycles. The zero-order valence-corrected chi connectivity index (χ0v) is 9.30. The first-order valence-corrected chi connectivity index (χ1v) is 5.24. The van der Waals surface area contributed by atoms with E-state index in [1.807, 2.05) is 0 Å². The first kappa shape index (κ1) is 11.8. The minimum atomic E-state index is -1.05. The highest BCUT2D eigenvalue weighted by Crippen LogP contribution is 2.52. The fourth-order valence-electron chi connectivity index (χ4n) is 2.08. The number of ether oxygens (including phenoxy) is 1. The summed E-state index contributed by atoms with van der Waals surface area (Å²) in [5.74, 6) is -3.22. The number of hydrogen-bond acceptors (Lipinski definition) is 2. The van der Waals surface area contributed by atoms with Crippen LogP contribution in [0.4, 0.5) is 8.78 Å². The number of aliphatic carboxylic acids is 1. The van der Waals surface area contributed by atoms with E-state index in [-0.39, 0.29) is 17.7 Å². The molecule has 0 aliphatic heterocycles. The van der Waals surface area contributed by atoms with Crippen molar-refractivity contribution in [3.63, 3.8) is 0 Å². The number of carboxylic acid groups (broad SMARTS) is 1. The molecule has 1 aliphatic rings. The molecule has 1 N–H and O–H groups in total. The van der Waals surface area contributed by atoms with E-state index in [1.54, 1.807) is 0 Å². The summed E-state index contributed by atoms with van der Waals surface area (Å²) in [7, 11) is 1.25. The van der Waals surface area contributed by atoms with Crippen LogP contribution >= 0.6 is 0 Å². The topological polar surface area (TPSA) is 46.5 Å². The van der Waals surface area contributed by atoms with Crippen LogP contribution in [0.25, 0.3) is 0 Å². The van der Waals surface area contributed by atoms with Crippen molar-refractivity contribution < 1.29 is 23.4 Å². The summed E-state index contributed by atoms with van der Waals surface area (Å²) in [4.78, 5) is 10.7. The molecule has 0 bridgehead atoms. The molecule has 0 atom stereocenters. The average molecular weight is 242 g/mol. The van der Waals surface area contributed by atoms with Crippen molar-refractivity contribution in [3.8, 4) is 5.75 Å². The summed E-state index contributed by atoms with van der Waals surface area (Å²) >= 11 is 0. The van der Waals surface area contributed by atoms with Crippen molar-refractivity contribution >= 4 is 5.97 Å². The van der Waals surface area contributed by atoms with E-state index in [9.17, 15) is 13.6 Å². The Kier molecular flexibility index (Phi) is 2.77. The maximum absolute atomic E-state index is 13.8. The molecule has 17 heavy (non-hydrogen) atoms. The smallest absolute Gasteiger partial charge is 0.304 e. The third-order valence-corrected chi connectivity index (χ3v) is 3.18. The lowest BCUT2D eigenvalue weighted by molar-refractivity contribution is -0.137. The van der Waals surface area contributed by atoms with Crippen molar-refractivity contribution in [3.05, 3.63) is 29.3 Å². The fourth-order valence-corrected chi connectivity index (χ4v) is 2.08. The van der Waals surface area contributed by atoms with Crippen LogP contribution in [0.1, 0.15) is 24.8 Å². The highest BCUT2D eigenvalue weighted by molar-refractivity contribution is 5.70. The second kappa shape index (κ2) is 3.98. The Balaban J connectivity index is 2.40. The van der Waals surface area contributed by atoms with Crippen molar-refractivity contribution in [2.75, 3.05) is 7.11 Å². The van der Waals surface area contributed by atoms with Gasteiger partial charge in [0.05, 0.1) is 13.5 Å². The quantitative estimate of drug-likeness (QED) is 0.882. The molecular weight excluding hydrogens is 230 g/mol. The number of hydrogen-bond donors (Lipinski definition) is 1. The highest BCUT2D eigenvalue weighted by Gasteiger charge is 2.48. The second-order valence-electron chi connectivity index (χ2n) is 4.29. The molecule has 1 aliphatic carbocycles. The van der Waals surface area contributed by atoms with E-state index in [0.29, 0.717) is 12.8 Å². The van der Waals surface area contributed by atoms with Gasteiger partial charge in [0, 0.05) is 5.41 Å². The van der Waals surface area contributed by atoms with Gasteiger partial charge in [-0.2, -0.15) is 4.39 Å². The third kappa shape index (κ3) is 1.97. The lowest BCUT2D eigenvalue weighted by Gasteiger charge is -2.15. The summed E-state index contributed by atoms with van der Waals surface area (Å²) in [5.41, 5.74) is -0.596. The minimum Gasteiger partial charge on any atom is -0.494 e. The number of halogens is 2. The van der Waals surface area contributed by atoms with E-state index in [0.717, 1.165) is 0 Å². The van der Waals surface area contributed by atoms with E-state index >= 15 is 0 Å². The van der Waals surface area contributed by atoms with Gasteiger partial charge in [0.15, 0.2) is 11.6 Å². The zero-order chi connectivity index (χ0) is 12.6. The normalized spacial score (nSPS) is 16.6. The molecule has 2 rings (SSSR count). The molecule has 0 aromatic heterocycles. The van der Waals surface area contributed by atoms with Crippen molar-refractivity contribution in [1.29, 1.82) is 0 Å². The number of benzene rings is 1. The summed E-state index contributed by atoms with van der Waals surface area (Å²) in [6, 6.07) is 2.74. The van der Waals surface area contributed by atoms with Crippen LogP contribution in [0.2, 0.25) is 0 Å². The molecule has 0 amide bonds. The first-order chi connectivity index (χ1) is 8.00. The van der Waals surface area contributed by atoms with Gasteiger partial charge in [-0.3, -0.25) is 4.79 Å². The molecular formula is C12H12F2O3. The SMILES string of the molecule is COc1ccc(C2(CC(=O)O)CC2)c(F)c1F. The van der Waals surface area contributed by atoms with Gasteiger partial charge in [-0.1, -0.05) is 6.07 Å². The van der Waals surface area contributed by atoms with Gasteiger partial charge in [0.2, 0.25) is 5.82 Å². The van der Waals surface area contributed by atoms with Crippen molar-refractivity contribution in [1.82, 2.24) is 0 Å². The van der Waals surface area contributed by atoms with Gasteiger partial charge in [0.1, 0.15) is 0 Å². The fraction of sp³-hybridized carbons (Fsp3) is 0.417. The Morgan fingerprint density at radius 1 is 1.41 bits per heavy atom. The molecule has 1 fully saturated rings. The summed E-state index contributed by atoms with van der Waals surface area (Å²) < 4.78 is 32.0. The largest absolute Gasteiger partial charge is 0.494 e. The monoisotopic (exact) mass is 242 g/mol. The molecule has 0 spiro atoms.